The lowest BCUT2D eigenvalue weighted by Crippen LogP contribution is -2.41. The Labute approximate surface area is 132 Å². The van der Waals surface area contributed by atoms with E-state index in [-0.39, 0.29) is 18.1 Å². The van der Waals surface area contributed by atoms with E-state index in [9.17, 15) is 4.79 Å². The molecule has 22 heavy (non-hydrogen) atoms. The standard InChI is InChI=1S/C17H26N2O3/c20-17(18-12-14-6-4-10-21-14)13-19-9-3-1-2-7-15(19)16-8-5-11-22-16/h5,8,11,14-15H,1-4,6-7,9-10,12-13H2,(H,18,20)/t14-,15+/m0/s1. The molecule has 1 aromatic heterocycles. The lowest BCUT2D eigenvalue weighted by atomic mass is 10.1. The maximum absolute atomic E-state index is 12.3. The largest absolute Gasteiger partial charge is 0.468 e. The Kier molecular flexibility index (Phi) is 5.51. The van der Waals surface area contributed by atoms with Crippen molar-refractivity contribution in [2.24, 2.45) is 0 Å². The van der Waals surface area contributed by atoms with Crippen LogP contribution in [0.5, 0.6) is 0 Å². The van der Waals surface area contributed by atoms with E-state index in [1.54, 1.807) is 6.26 Å². The maximum Gasteiger partial charge on any atom is 0.234 e. The molecule has 0 aliphatic carbocycles. The Morgan fingerprint density at radius 3 is 3.00 bits per heavy atom. The Morgan fingerprint density at radius 2 is 2.23 bits per heavy atom. The minimum atomic E-state index is 0.0916. The van der Waals surface area contributed by atoms with Gasteiger partial charge in [-0.25, -0.2) is 0 Å². The maximum atomic E-state index is 12.3. The molecule has 122 valence electrons. The molecule has 0 radical (unpaired) electrons. The molecule has 0 unspecified atom stereocenters. The number of hydrogen-bond acceptors (Lipinski definition) is 4. The predicted molar refractivity (Wildman–Crippen MR) is 83.5 cm³/mol. The van der Waals surface area contributed by atoms with E-state index in [1.165, 1.54) is 12.8 Å². The van der Waals surface area contributed by atoms with E-state index >= 15 is 0 Å². The van der Waals surface area contributed by atoms with Gasteiger partial charge in [-0.1, -0.05) is 12.8 Å². The molecule has 2 fully saturated rings. The molecular weight excluding hydrogens is 280 g/mol. The van der Waals surface area contributed by atoms with Crippen molar-refractivity contribution < 1.29 is 13.9 Å². The second kappa shape index (κ2) is 7.79. The van der Waals surface area contributed by atoms with E-state index in [1.807, 2.05) is 12.1 Å². The van der Waals surface area contributed by atoms with Crippen LogP contribution in [0.15, 0.2) is 22.8 Å². The summed E-state index contributed by atoms with van der Waals surface area (Å²) in [5.41, 5.74) is 0. The van der Waals surface area contributed by atoms with Crippen LogP contribution < -0.4 is 5.32 Å². The van der Waals surface area contributed by atoms with Crippen molar-refractivity contribution in [2.45, 2.75) is 50.7 Å². The monoisotopic (exact) mass is 306 g/mol. The third-order valence-corrected chi connectivity index (χ3v) is 4.63. The topological polar surface area (TPSA) is 54.7 Å². The minimum Gasteiger partial charge on any atom is -0.468 e. The fourth-order valence-corrected chi connectivity index (χ4v) is 3.43. The van der Waals surface area contributed by atoms with E-state index in [0.29, 0.717) is 13.1 Å². The fraction of sp³-hybridized carbons (Fsp3) is 0.706. The molecule has 1 amide bonds. The first kappa shape index (κ1) is 15.6. The summed E-state index contributed by atoms with van der Waals surface area (Å²) in [6, 6.07) is 4.18. The van der Waals surface area contributed by atoms with Gasteiger partial charge in [0.05, 0.1) is 25.0 Å². The SMILES string of the molecule is O=C(CN1CCCCC[C@@H]1c1ccco1)NC[C@@H]1CCCO1. The van der Waals surface area contributed by atoms with Gasteiger partial charge in [-0.3, -0.25) is 9.69 Å². The van der Waals surface area contributed by atoms with Crippen molar-refractivity contribution in [2.75, 3.05) is 26.2 Å². The van der Waals surface area contributed by atoms with Gasteiger partial charge in [0.1, 0.15) is 5.76 Å². The molecule has 0 aromatic carbocycles. The predicted octanol–water partition coefficient (Wildman–Crippen LogP) is 2.49. The quantitative estimate of drug-likeness (QED) is 0.908. The Bertz CT molecular complexity index is 454. The molecule has 2 aliphatic heterocycles. The molecular formula is C17H26N2O3. The zero-order chi connectivity index (χ0) is 15.2. The molecule has 2 aliphatic rings. The van der Waals surface area contributed by atoms with Crippen molar-refractivity contribution in [3.8, 4) is 0 Å². The summed E-state index contributed by atoms with van der Waals surface area (Å²) in [6.45, 7) is 2.86. The second-order valence-corrected chi connectivity index (χ2v) is 6.29. The summed E-state index contributed by atoms with van der Waals surface area (Å²) < 4.78 is 11.1. The highest BCUT2D eigenvalue weighted by molar-refractivity contribution is 5.78. The third-order valence-electron chi connectivity index (χ3n) is 4.63. The van der Waals surface area contributed by atoms with Crippen molar-refractivity contribution in [3.05, 3.63) is 24.2 Å². The molecule has 5 heteroatoms. The summed E-state index contributed by atoms with van der Waals surface area (Å²) in [6.07, 6.45) is 8.71. The van der Waals surface area contributed by atoms with Gasteiger partial charge in [-0.2, -0.15) is 0 Å². The zero-order valence-corrected chi connectivity index (χ0v) is 13.1. The molecule has 0 bridgehead atoms. The van der Waals surface area contributed by atoms with Crippen LogP contribution >= 0.6 is 0 Å². The van der Waals surface area contributed by atoms with Crippen molar-refractivity contribution >= 4 is 5.91 Å². The molecule has 2 saturated heterocycles. The first-order valence-electron chi connectivity index (χ1n) is 8.48. The van der Waals surface area contributed by atoms with E-state index in [2.05, 4.69) is 10.2 Å². The Hall–Kier alpha value is -1.33. The van der Waals surface area contributed by atoms with Crippen LogP contribution in [0.3, 0.4) is 0 Å². The number of furan rings is 1. The minimum absolute atomic E-state index is 0.0916. The van der Waals surface area contributed by atoms with Gasteiger partial charge < -0.3 is 14.5 Å². The van der Waals surface area contributed by atoms with Gasteiger partial charge in [0.25, 0.3) is 0 Å². The van der Waals surface area contributed by atoms with E-state index in [0.717, 1.165) is 44.6 Å². The number of likely N-dealkylation sites (tertiary alicyclic amines) is 1. The number of nitrogens with zero attached hydrogens (tertiary/aromatic N) is 1. The molecule has 5 nitrogen and oxygen atoms in total. The number of ether oxygens (including phenoxy) is 1. The van der Waals surface area contributed by atoms with Gasteiger partial charge in [-0.15, -0.1) is 0 Å². The highest BCUT2D eigenvalue weighted by atomic mass is 16.5. The van der Waals surface area contributed by atoms with Crippen molar-refractivity contribution in [1.82, 2.24) is 10.2 Å². The average Bonchev–Trinajstić information content (AvgIpc) is 3.18. The lowest BCUT2D eigenvalue weighted by Gasteiger charge is -2.28. The van der Waals surface area contributed by atoms with E-state index < -0.39 is 0 Å². The number of nitrogens with one attached hydrogen (secondary N) is 1. The number of carbonyl (C=O) groups excluding carboxylic acids is 1. The summed E-state index contributed by atoms with van der Waals surface area (Å²) in [5.74, 6) is 1.07. The molecule has 0 saturated carbocycles. The normalized spacial score (nSPS) is 26.7. The number of rotatable bonds is 5. The molecule has 0 spiro atoms. The summed E-state index contributed by atoms with van der Waals surface area (Å²) in [4.78, 5) is 14.5. The molecule has 1 N–H and O–H groups in total. The third kappa shape index (κ3) is 4.11. The molecule has 1 aromatic rings. The summed E-state index contributed by atoms with van der Waals surface area (Å²) in [5, 5.41) is 3.02. The van der Waals surface area contributed by atoms with Gasteiger partial charge in [0, 0.05) is 13.2 Å². The number of carbonyl (C=O) groups is 1. The van der Waals surface area contributed by atoms with Gasteiger partial charge in [-0.05, 0) is 44.4 Å². The van der Waals surface area contributed by atoms with Crippen LogP contribution in [0.2, 0.25) is 0 Å². The fourth-order valence-electron chi connectivity index (χ4n) is 3.43. The van der Waals surface area contributed by atoms with Crippen LogP contribution in [0.25, 0.3) is 0 Å². The van der Waals surface area contributed by atoms with Gasteiger partial charge >= 0.3 is 0 Å². The number of amides is 1. The summed E-state index contributed by atoms with van der Waals surface area (Å²) >= 11 is 0. The van der Waals surface area contributed by atoms with Crippen LogP contribution in [0.4, 0.5) is 0 Å². The first-order valence-corrected chi connectivity index (χ1v) is 8.48. The zero-order valence-electron chi connectivity index (χ0n) is 13.1. The second-order valence-electron chi connectivity index (χ2n) is 6.29. The van der Waals surface area contributed by atoms with Crippen LogP contribution in [0, 0.1) is 0 Å². The van der Waals surface area contributed by atoms with Gasteiger partial charge in [0.2, 0.25) is 5.91 Å². The van der Waals surface area contributed by atoms with Crippen LogP contribution in [-0.4, -0.2) is 43.2 Å². The smallest absolute Gasteiger partial charge is 0.234 e. The molecule has 3 rings (SSSR count). The highest BCUT2D eigenvalue weighted by Crippen LogP contribution is 2.30. The molecule has 2 atom stereocenters. The average molecular weight is 306 g/mol. The van der Waals surface area contributed by atoms with Crippen LogP contribution in [0.1, 0.15) is 50.3 Å². The van der Waals surface area contributed by atoms with Crippen molar-refractivity contribution in [3.63, 3.8) is 0 Å². The first-order chi connectivity index (χ1) is 10.8. The van der Waals surface area contributed by atoms with E-state index in [4.69, 9.17) is 9.15 Å². The van der Waals surface area contributed by atoms with Crippen molar-refractivity contribution in [1.29, 1.82) is 0 Å². The van der Waals surface area contributed by atoms with Gasteiger partial charge in [0.15, 0.2) is 0 Å². The summed E-state index contributed by atoms with van der Waals surface area (Å²) in [7, 11) is 0. The molecule has 3 heterocycles. The lowest BCUT2D eigenvalue weighted by molar-refractivity contribution is -0.123. The van der Waals surface area contributed by atoms with Crippen LogP contribution in [-0.2, 0) is 9.53 Å². The Morgan fingerprint density at radius 1 is 1.27 bits per heavy atom. The highest BCUT2D eigenvalue weighted by Gasteiger charge is 2.26. The Balaban J connectivity index is 1.54. The number of hydrogen-bond donors (Lipinski definition) is 1.